The molecule has 0 heterocycles. The Balaban J connectivity index is 2.89. The van der Waals surface area contributed by atoms with Gasteiger partial charge in [0.25, 0.3) is 3.91 Å². The van der Waals surface area contributed by atoms with Crippen molar-refractivity contribution in [2.45, 2.75) is 45.4 Å². The number of carbonyl (C=O) groups excluding carboxylic acids is 1. The molecule has 0 aromatic carbocycles. The van der Waals surface area contributed by atoms with Crippen molar-refractivity contribution in [1.82, 2.24) is 5.32 Å². The van der Waals surface area contributed by atoms with E-state index in [-0.39, 0.29) is 3.91 Å². The van der Waals surface area contributed by atoms with Gasteiger partial charge in [-0.2, -0.15) is 0 Å². The maximum Gasteiger partial charge on any atom is 0.280 e. The molecule has 3 nitrogen and oxygen atoms in total. The van der Waals surface area contributed by atoms with Crippen molar-refractivity contribution in [3.63, 3.8) is 0 Å². The largest absolute Gasteiger partial charge is 0.381 e. The predicted octanol–water partition coefficient (Wildman–Crippen LogP) is 3.51. The maximum absolute atomic E-state index is 10.5. The SMILES string of the molecule is CCCCCCOCCCCNC(=O)I. The van der Waals surface area contributed by atoms with Crippen LogP contribution in [0.3, 0.4) is 0 Å². The Morgan fingerprint density at radius 3 is 2.40 bits per heavy atom. The molecule has 0 unspecified atom stereocenters. The van der Waals surface area contributed by atoms with Gasteiger partial charge in [-0.3, -0.25) is 4.79 Å². The molecule has 0 fully saturated rings. The number of hydrogen-bond donors (Lipinski definition) is 1. The first kappa shape index (κ1) is 15.2. The van der Waals surface area contributed by atoms with Gasteiger partial charge in [-0.05, 0) is 19.3 Å². The summed E-state index contributed by atoms with van der Waals surface area (Å²) in [6, 6.07) is 0. The molecule has 0 saturated carbocycles. The molecule has 0 aliphatic rings. The number of hydrogen-bond acceptors (Lipinski definition) is 2. The van der Waals surface area contributed by atoms with Crippen LogP contribution < -0.4 is 5.32 Å². The van der Waals surface area contributed by atoms with Crippen LogP contribution in [0.4, 0.5) is 4.79 Å². The lowest BCUT2D eigenvalue weighted by molar-refractivity contribution is 0.126. The maximum atomic E-state index is 10.5. The molecule has 0 saturated heterocycles. The molecule has 0 atom stereocenters. The number of carbonyl (C=O) groups is 1. The van der Waals surface area contributed by atoms with Gasteiger partial charge >= 0.3 is 0 Å². The van der Waals surface area contributed by atoms with E-state index in [0.29, 0.717) is 0 Å². The van der Waals surface area contributed by atoms with Crippen molar-refractivity contribution in [2.75, 3.05) is 19.8 Å². The first-order chi connectivity index (χ1) is 7.27. The monoisotopic (exact) mass is 327 g/mol. The lowest BCUT2D eigenvalue weighted by Crippen LogP contribution is -2.17. The summed E-state index contributed by atoms with van der Waals surface area (Å²) < 4.78 is 5.49. The fourth-order valence-corrected chi connectivity index (χ4v) is 1.52. The first-order valence-electron chi connectivity index (χ1n) is 5.78. The molecule has 0 rings (SSSR count). The molecule has 0 aromatic rings. The van der Waals surface area contributed by atoms with Gasteiger partial charge in [-0.15, -0.1) is 0 Å². The average molecular weight is 327 g/mol. The van der Waals surface area contributed by atoms with Gasteiger partial charge in [0.15, 0.2) is 0 Å². The van der Waals surface area contributed by atoms with Crippen LogP contribution in [0.2, 0.25) is 0 Å². The Bertz CT molecular complexity index is 154. The van der Waals surface area contributed by atoms with E-state index in [1.165, 1.54) is 25.7 Å². The summed E-state index contributed by atoms with van der Waals surface area (Å²) in [5.41, 5.74) is 0. The van der Waals surface area contributed by atoms with E-state index in [1.807, 2.05) is 0 Å². The molecule has 0 aliphatic carbocycles. The Labute approximate surface area is 106 Å². The van der Waals surface area contributed by atoms with Crippen LogP contribution in [-0.4, -0.2) is 23.7 Å². The summed E-state index contributed by atoms with van der Waals surface area (Å²) in [5, 5.41) is 2.76. The molecule has 0 radical (unpaired) electrons. The molecular weight excluding hydrogens is 305 g/mol. The molecule has 4 heteroatoms. The van der Waals surface area contributed by atoms with Crippen molar-refractivity contribution in [1.29, 1.82) is 0 Å². The lowest BCUT2D eigenvalue weighted by atomic mass is 10.2. The van der Waals surface area contributed by atoms with Gasteiger partial charge in [0.05, 0.1) is 0 Å². The minimum absolute atomic E-state index is 0.0214. The number of halogens is 1. The number of amides is 1. The molecular formula is C11H22INO2. The van der Waals surface area contributed by atoms with Crippen LogP contribution in [0.1, 0.15) is 45.4 Å². The van der Waals surface area contributed by atoms with E-state index >= 15 is 0 Å². The van der Waals surface area contributed by atoms with Gasteiger partial charge in [0.1, 0.15) is 0 Å². The minimum atomic E-state index is 0.0214. The molecule has 1 N–H and O–H groups in total. The lowest BCUT2D eigenvalue weighted by Gasteiger charge is -2.04. The Morgan fingerprint density at radius 1 is 1.13 bits per heavy atom. The number of rotatable bonds is 10. The molecule has 90 valence electrons. The van der Waals surface area contributed by atoms with Crippen LogP contribution in [0.15, 0.2) is 0 Å². The van der Waals surface area contributed by atoms with Crippen molar-refractivity contribution < 1.29 is 9.53 Å². The normalized spacial score (nSPS) is 10.3. The van der Waals surface area contributed by atoms with E-state index < -0.39 is 0 Å². The van der Waals surface area contributed by atoms with E-state index in [0.717, 1.165) is 32.6 Å². The van der Waals surface area contributed by atoms with Crippen molar-refractivity contribution >= 4 is 26.5 Å². The van der Waals surface area contributed by atoms with Gasteiger partial charge in [-0.25, -0.2) is 0 Å². The number of nitrogens with one attached hydrogen (secondary N) is 1. The zero-order valence-electron chi connectivity index (χ0n) is 9.56. The third-order valence-corrected chi connectivity index (χ3v) is 2.50. The molecule has 15 heavy (non-hydrogen) atoms. The van der Waals surface area contributed by atoms with Crippen LogP contribution in [0.5, 0.6) is 0 Å². The van der Waals surface area contributed by atoms with Crippen LogP contribution >= 0.6 is 22.6 Å². The summed E-state index contributed by atoms with van der Waals surface area (Å²) in [5.74, 6) is 0. The van der Waals surface area contributed by atoms with Crippen LogP contribution in [-0.2, 0) is 4.74 Å². The molecule has 0 spiro atoms. The van der Waals surface area contributed by atoms with Crippen LogP contribution in [0, 0.1) is 0 Å². The van der Waals surface area contributed by atoms with Crippen molar-refractivity contribution in [3.05, 3.63) is 0 Å². The van der Waals surface area contributed by atoms with Gasteiger partial charge < -0.3 is 10.1 Å². The number of unbranched alkanes of at least 4 members (excludes halogenated alkanes) is 4. The summed E-state index contributed by atoms with van der Waals surface area (Å²) in [7, 11) is 0. The third kappa shape index (κ3) is 14.2. The minimum Gasteiger partial charge on any atom is -0.381 e. The third-order valence-electron chi connectivity index (χ3n) is 2.12. The second-order valence-corrected chi connectivity index (χ2v) is 4.56. The Kier molecular flexibility index (Phi) is 12.4. The smallest absolute Gasteiger partial charge is 0.280 e. The second kappa shape index (κ2) is 12.2. The van der Waals surface area contributed by atoms with E-state index in [1.54, 1.807) is 22.6 Å². The van der Waals surface area contributed by atoms with Gasteiger partial charge in [0, 0.05) is 42.3 Å². The first-order valence-corrected chi connectivity index (χ1v) is 6.86. The fourth-order valence-electron chi connectivity index (χ4n) is 1.25. The molecule has 1 amide bonds. The Hall–Kier alpha value is 0.160. The van der Waals surface area contributed by atoms with Crippen molar-refractivity contribution in [3.8, 4) is 0 Å². The van der Waals surface area contributed by atoms with E-state index in [4.69, 9.17) is 4.74 Å². The second-order valence-electron chi connectivity index (χ2n) is 3.58. The topological polar surface area (TPSA) is 38.3 Å². The summed E-state index contributed by atoms with van der Waals surface area (Å²) >= 11 is 1.75. The highest BCUT2D eigenvalue weighted by atomic mass is 127. The molecule has 0 bridgehead atoms. The number of ether oxygens (including phenoxy) is 1. The fraction of sp³-hybridized carbons (Fsp3) is 0.909. The van der Waals surface area contributed by atoms with Gasteiger partial charge in [-0.1, -0.05) is 26.2 Å². The van der Waals surface area contributed by atoms with Gasteiger partial charge in [0.2, 0.25) is 0 Å². The average Bonchev–Trinajstić information content (AvgIpc) is 2.20. The highest BCUT2D eigenvalue weighted by Crippen LogP contribution is 1.99. The molecule has 0 aliphatic heterocycles. The van der Waals surface area contributed by atoms with Crippen LogP contribution in [0.25, 0.3) is 0 Å². The summed E-state index contributed by atoms with van der Waals surface area (Å²) in [4.78, 5) is 10.5. The van der Waals surface area contributed by atoms with E-state index in [9.17, 15) is 4.79 Å². The zero-order valence-corrected chi connectivity index (χ0v) is 11.7. The predicted molar refractivity (Wildman–Crippen MR) is 71.6 cm³/mol. The van der Waals surface area contributed by atoms with E-state index in [2.05, 4.69) is 12.2 Å². The quantitative estimate of drug-likeness (QED) is 0.289. The zero-order chi connectivity index (χ0) is 11.4. The summed E-state index contributed by atoms with van der Waals surface area (Å²) in [6.07, 6.45) is 7.08. The standard InChI is InChI=1S/C11H22INO2/c1-2-3-4-6-9-15-10-7-5-8-13-11(12)14/h2-10H2,1H3,(H,13,14). The highest BCUT2D eigenvalue weighted by molar-refractivity contribution is 14.1. The Morgan fingerprint density at radius 2 is 1.80 bits per heavy atom. The highest BCUT2D eigenvalue weighted by Gasteiger charge is 1.93. The molecule has 0 aromatic heterocycles. The summed E-state index contributed by atoms with van der Waals surface area (Å²) in [6.45, 7) is 4.69. The van der Waals surface area contributed by atoms with Crippen molar-refractivity contribution in [2.24, 2.45) is 0 Å².